The number of hydrogen-bond acceptors (Lipinski definition) is 2. The molecule has 0 aliphatic heterocycles. The molecule has 0 saturated carbocycles. The van der Waals surface area contributed by atoms with Crippen molar-refractivity contribution in [1.29, 1.82) is 0 Å². The summed E-state index contributed by atoms with van der Waals surface area (Å²) in [6, 6.07) is 0. The van der Waals surface area contributed by atoms with Gasteiger partial charge in [0, 0.05) is 12.8 Å². The Kier molecular flexibility index (Phi) is 3.07. The first-order valence-corrected chi connectivity index (χ1v) is 4.91. The van der Waals surface area contributed by atoms with Gasteiger partial charge in [-0.15, -0.1) is 0 Å². The fourth-order valence-corrected chi connectivity index (χ4v) is 1.24. The van der Waals surface area contributed by atoms with E-state index < -0.39 is 0 Å². The Labute approximate surface area is 80.0 Å². The summed E-state index contributed by atoms with van der Waals surface area (Å²) in [6.07, 6.45) is 3.05. The van der Waals surface area contributed by atoms with Gasteiger partial charge in [-0.05, 0) is 11.8 Å². The molecule has 3 heteroatoms. The molecule has 1 heterocycles. The van der Waals surface area contributed by atoms with Crippen LogP contribution in [0.4, 0.5) is 0 Å². The van der Waals surface area contributed by atoms with Gasteiger partial charge in [0.15, 0.2) is 5.82 Å². The maximum absolute atomic E-state index is 4.42. The molecule has 0 aliphatic rings. The van der Waals surface area contributed by atoms with Crippen LogP contribution in [0, 0.1) is 5.41 Å². The lowest BCUT2D eigenvalue weighted by Crippen LogP contribution is -2.10. The Morgan fingerprint density at radius 3 is 2.54 bits per heavy atom. The number of aryl methyl sites for hydroxylation is 1. The van der Waals surface area contributed by atoms with Gasteiger partial charge >= 0.3 is 0 Å². The van der Waals surface area contributed by atoms with Crippen LogP contribution in [-0.2, 0) is 12.8 Å². The van der Waals surface area contributed by atoms with Gasteiger partial charge in [0.25, 0.3) is 0 Å². The summed E-state index contributed by atoms with van der Waals surface area (Å²) < 4.78 is 0. The molecule has 0 aliphatic carbocycles. The molecule has 1 N–H and O–H groups in total. The fraction of sp³-hybridized carbons (Fsp3) is 0.800. The molecule has 0 radical (unpaired) electrons. The van der Waals surface area contributed by atoms with E-state index in [0.717, 1.165) is 30.9 Å². The molecule has 0 unspecified atom stereocenters. The Balaban J connectivity index is 2.59. The first-order chi connectivity index (χ1) is 6.01. The molecule has 0 aromatic carbocycles. The van der Waals surface area contributed by atoms with Gasteiger partial charge in [-0.1, -0.05) is 27.7 Å². The molecule has 74 valence electrons. The highest BCUT2D eigenvalue weighted by molar-refractivity contribution is 4.93. The molecular weight excluding hydrogens is 162 g/mol. The van der Waals surface area contributed by atoms with Crippen molar-refractivity contribution in [3.8, 4) is 0 Å². The van der Waals surface area contributed by atoms with Crippen LogP contribution in [0.15, 0.2) is 0 Å². The highest BCUT2D eigenvalue weighted by atomic mass is 15.2. The molecule has 0 saturated heterocycles. The molecule has 13 heavy (non-hydrogen) atoms. The monoisotopic (exact) mass is 181 g/mol. The molecule has 0 bridgehead atoms. The van der Waals surface area contributed by atoms with Gasteiger partial charge in [0.2, 0.25) is 0 Å². The van der Waals surface area contributed by atoms with Crippen molar-refractivity contribution in [2.75, 3.05) is 0 Å². The third-order valence-electron chi connectivity index (χ3n) is 1.75. The molecular formula is C10H19N3. The minimum atomic E-state index is 0.270. The SMILES string of the molecule is CCCc1nc(CC(C)(C)C)n[nH]1. The van der Waals surface area contributed by atoms with E-state index in [2.05, 4.69) is 42.9 Å². The van der Waals surface area contributed by atoms with E-state index in [1.165, 1.54) is 0 Å². The zero-order chi connectivity index (χ0) is 9.90. The predicted molar refractivity (Wildman–Crippen MR) is 53.5 cm³/mol. The van der Waals surface area contributed by atoms with Crippen molar-refractivity contribution in [2.45, 2.75) is 47.0 Å². The predicted octanol–water partition coefficient (Wildman–Crippen LogP) is 2.35. The second-order valence-corrected chi connectivity index (χ2v) is 4.69. The van der Waals surface area contributed by atoms with Crippen molar-refractivity contribution >= 4 is 0 Å². The number of hydrogen-bond donors (Lipinski definition) is 1. The minimum Gasteiger partial charge on any atom is -0.263 e. The second kappa shape index (κ2) is 3.90. The first-order valence-electron chi connectivity index (χ1n) is 4.91. The third-order valence-corrected chi connectivity index (χ3v) is 1.75. The van der Waals surface area contributed by atoms with Crippen molar-refractivity contribution in [3.05, 3.63) is 11.6 Å². The Morgan fingerprint density at radius 1 is 1.31 bits per heavy atom. The van der Waals surface area contributed by atoms with Crippen molar-refractivity contribution in [3.63, 3.8) is 0 Å². The number of rotatable bonds is 3. The highest BCUT2D eigenvalue weighted by Gasteiger charge is 2.14. The largest absolute Gasteiger partial charge is 0.263 e. The Bertz CT molecular complexity index is 257. The molecule has 0 spiro atoms. The summed E-state index contributed by atoms with van der Waals surface area (Å²) in [6.45, 7) is 8.74. The Hall–Kier alpha value is -0.860. The number of nitrogens with zero attached hydrogens (tertiary/aromatic N) is 2. The zero-order valence-corrected chi connectivity index (χ0v) is 9.02. The van der Waals surface area contributed by atoms with E-state index in [4.69, 9.17) is 0 Å². The van der Waals surface area contributed by atoms with Crippen molar-refractivity contribution in [1.82, 2.24) is 15.2 Å². The molecule has 0 fully saturated rings. The number of aromatic nitrogens is 3. The quantitative estimate of drug-likeness (QED) is 0.777. The highest BCUT2D eigenvalue weighted by Crippen LogP contribution is 2.17. The maximum atomic E-state index is 4.42. The van der Waals surface area contributed by atoms with Crippen LogP contribution in [0.2, 0.25) is 0 Å². The van der Waals surface area contributed by atoms with E-state index in [9.17, 15) is 0 Å². The van der Waals surface area contributed by atoms with Crippen LogP contribution in [0.5, 0.6) is 0 Å². The van der Waals surface area contributed by atoms with E-state index in [-0.39, 0.29) is 5.41 Å². The summed E-state index contributed by atoms with van der Waals surface area (Å²) in [5.74, 6) is 1.96. The van der Waals surface area contributed by atoms with Crippen LogP contribution in [0.3, 0.4) is 0 Å². The maximum Gasteiger partial charge on any atom is 0.151 e. The number of H-pyrrole nitrogens is 1. The van der Waals surface area contributed by atoms with Crippen LogP contribution < -0.4 is 0 Å². The molecule has 0 amide bonds. The summed E-state index contributed by atoms with van der Waals surface area (Å²) in [5, 5.41) is 7.15. The van der Waals surface area contributed by atoms with Gasteiger partial charge < -0.3 is 0 Å². The van der Waals surface area contributed by atoms with Crippen LogP contribution in [-0.4, -0.2) is 15.2 Å². The molecule has 3 nitrogen and oxygen atoms in total. The number of nitrogens with one attached hydrogen (secondary N) is 1. The normalized spacial score (nSPS) is 12.0. The van der Waals surface area contributed by atoms with Gasteiger partial charge in [-0.2, -0.15) is 5.10 Å². The average Bonchev–Trinajstić information content (AvgIpc) is 2.33. The second-order valence-electron chi connectivity index (χ2n) is 4.69. The average molecular weight is 181 g/mol. The summed E-state index contributed by atoms with van der Waals surface area (Å²) >= 11 is 0. The van der Waals surface area contributed by atoms with E-state index in [1.807, 2.05) is 0 Å². The molecule has 1 aromatic heterocycles. The van der Waals surface area contributed by atoms with Crippen LogP contribution in [0.25, 0.3) is 0 Å². The van der Waals surface area contributed by atoms with E-state index in [1.54, 1.807) is 0 Å². The van der Waals surface area contributed by atoms with Gasteiger partial charge in [-0.3, -0.25) is 5.10 Å². The van der Waals surface area contributed by atoms with Gasteiger partial charge in [-0.25, -0.2) is 4.98 Å². The van der Waals surface area contributed by atoms with E-state index >= 15 is 0 Å². The minimum absolute atomic E-state index is 0.270. The molecule has 1 aromatic rings. The molecule has 0 atom stereocenters. The van der Waals surface area contributed by atoms with Crippen molar-refractivity contribution < 1.29 is 0 Å². The standard InChI is InChI=1S/C10H19N3/c1-5-6-8-11-9(13-12-8)7-10(2,3)4/h5-7H2,1-4H3,(H,11,12,13). The zero-order valence-electron chi connectivity index (χ0n) is 9.02. The summed E-state index contributed by atoms with van der Waals surface area (Å²) in [4.78, 5) is 4.42. The number of aromatic amines is 1. The van der Waals surface area contributed by atoms with Crippen molar-refractivity contribution in [2.24, 2.45) is 5.41 Å². The lowest BCUT2D eigenvalue weighted by atomic mass is 9.92. The summed E-state index contributed by atoms with van der Waals surface area (Å²) in [5.41, 5.74) is 0.270. The smallest absolute Gasteiger partial charge is 0.151 e. The van der Waals surface area contributed by atoms with E-state index in [0.29, 0.717) is 0 Å². The molecule has 1 rings (SSSR count). The lowest BCUT2D eigenvalue weighted by molar-refractivity contribution is 0.401. The van der Waals surface area contributed by atoms with Gasteiger partial charge in [0.05, 0.1) is 0 Å². The topological polar surface area (TPSA) is 41.6 Å². The lowest BCUT2D eigenvalue weighted by Gasteiger charge is -2.14. The van der Waals surface area contributed by atoms with Gasteiger partial charge in [0.1, 0.15) is 5.82 Å². The summed E-state index contributed by atoms with van der Waals surface area (Å²) in [7, 11) is 0. The fourth-order valence-electron chi connectivity index (χ4n) is 1.24. The van der Waals surface area contributed by atoms with Crippen LogP contribution >= 0.6 is 0 Å². The third kappa shape index (κ3) is 3.57. The van der Waals surface area contributed by atoms with Crippen LogP contribution in [0.1, 0.15) is 45.8 Å². The Morgan fingerprint density at radius 2 is 2.00 bits per heavy atom. The first kappa shape index (κ1) is 10.2.